The van der Waals surface area contributed by atoms with Crippen molar-refractivity contribution in [3.63, 3.8) is 0 Å². The number of nitrogens with zero attached hydrogens (tertiary/aromatic N) is 6. The Morgan fingerprint density at radius 3 is 2.72 bits per heavy atom. The predicted molar refractivity (Wildman–Crippen MR) is 120 cm³/mol. The van der Waals surface area contributed by atoms with Gasteiger partial charge in [-0.15, -0.1) is 0 Å². The van der Waals surface area contributed by atoms with Crippen LogP contribution in [0.15, 0.2) is 35.5 Å². The van der Waals surface area contributed by atoms with Crippen molar-refractivity contribution in [1.29, 1.82) is 0 Å². The van der Waals surface area contributed by atoms with Crippen molar-refractivity contribution >= 4 is 40.5 Å². The highest BCUT2D eigenvalue weighted by Gasteiger charge is 2.27. The summed E-state index contributed by atoms with van der Waals surface area (Å²) in [6.45, 7) is 1.93. The van der Waals surface area contributed by atoms with Crippen molar-refractivity contribution in [2.45, 2.75) is 25.8 Å². The highest BCUT2D eigenvalue weighted by atomic mass is 35.5. The number of rotatable bonds is 6. The molecule has 4 N–H and O–H groups in total. The highest BCUT2D eigenvalue weighted by Crippen LogP contribution is 2.36. The average molecular weight is 454 g/mol. The van der Waals surface area contributed by atoms with Crippen LogP contribution in [0.4, 0.5) is 17.3 Å². The van der Waals surface area contributed by atoms with E-state index in [4.69, 9.17) is 17.3 Å². The number of nitrogens with two attached hydrogens (primary N) is 1. The molecule has 0 unspecified atom stereocenters. The first-order chi connectivity index (χ1) is 15.4. The Kier molecular flexibility index (Phi) is 4.63. The molecule has 0 spiro atoms. The van der Waals surface area contributed by atoms with Gasteiger partial charge in [0.05, 0.1) is 34.8 Å². The van der Waals surface area contributed by atoms with E-state index in [1.54, 1.807) is 25.5 Å². The van der Waals surface area contributed by atoms with Crippen LogP contribution in [-0.4, -0.2) is 41.9 Å². The summed E-state index contributed by atoms with van der Waals surface area (Å²) in [7, 11) is 1.71. The summed E-state index contributed by atoms with van der Waals surface area (Å²) >= 11 is 6.34. The fourth-order valence-corrected chi connectivity index (χ4v) is 3.88. The summed E-state index contributed by atoms with van der Waals surface area (Å²) in [6, 6.07) is 3.57. The highest BCUT2D eigenvalue weighted by molar-refractivity contribution is 6.30. The normalized spacial score (nSPS) is 13.5. The van der Waals surface area contributed by atoms with E-state index < -0.39 is 5.91 Å². The van der Waals surface area contributed by atoms with Crippen molar-refractivity contribution in [3.8, 4) is 5.69 Å². The Labute approximate surface area is 186 Å². The van der Waals surface area contributed by atoms with Gasteiger partial charge in [-0.05, 0) is 25.8 Å². The lowest BCUT2D eigenvalue weighted by Crippen LogP contribution is -2.21. The molecule has 4 heterocycles. The third-order valence-corrected chi connectivity index (χ3v) is 5.62. The van der Waals surface area contributed by atoms with Crippen LogP contribution in [0.1, 0.15) is 34.9 Å². The summed E-state index contributed by atoms with van der Waals surface area (Å²) in [6.07, 6.45) is 6.76. The summed E-state index contributed by atoms with van der Waals surface area (Å²) < 4.78 is 4.86. The van der Waals surface area contributed by atoms with Gasteiger partial charge >= 0.3 is 0 Å². The molecule has 164 valence electrons. The molecule has 12 heteroatoms. The molecule has 0 aliphatic heterocycles. The molecule has 0 bridgehead atoms. The van der Waals surface area contributed by atoms with Crippen molar-refractivity contribution in [2.75, 3.05) is 17.7 Å². The number of hydrogen-bond donors (Lipinski definition) is 3. The molecule has 1 amide bonds. The number of fused-ring (bicyclic) bond motifs is 1. The van der Waals surface area contributed by atoms with Crippen LogP contribution in [0.25, 0.3) is 11.3 Å². The molecule has 32 heavy (non-hydrogen) atoms. The zero-order valence-corrected chi connectivity index (χ0v) is 18.1. The number of halogens is 1. The molecule has 1 saturated carbocycles. The molecular formula is C20H20ClN9O2. The van der Waals surface area contributed by atoms with Crippen LogP contribution in [0.3, 0.4) is 0 Å². The minimum Gasteiger partial charge on any atom is -0.373 e. The fraction of sp³-hybridized carbons (Fsp3) is 0.250. The van der Waals surface area contributed by atoms with Crippen LogP contribution in [-0.2, 0) is 0 Å². The van der Waals surface area contributed by atoms with Crippen molar-refractivity contribution in [1.82, 2.24) is 28.9 Å². The number of nitrogens with one attached hydrogen (secondary N) is 2. The molecular weight excluding hydrogens is 434 g/mol. The average Bonchev–Trinajstić information content (AvgIpc) is 3.39. The molecule has 4 aromatic heterocycles. The van der Waals surface area contributed by atoms with Gasteiger partial charge in [0, 0.05) is 19.3 Å². The van der Waals surface area contributed by atoms with Crippen LogP contribution in [0.5, 0.6) is 0 Å². The molecule has 1 aliphatic rings. The van der Waals surface area contributed by atoms with E-state index in [-0.39, 0.29) is 22.5 Å². The lowest BCUT2D eigenvalue weighted by Gasteiger charge is -2.12. The van der Waals surface area contributed by atoms with Crippen molar-refractivity contribution in [3.05, 3.63) is 57.4 Å². The van der Waals surface area contributed by atoms with E-state index in [2.05, 4.69) is 25.8 Å². The van der Waals surface area contributed by atoms with Gasteiger partial charge in [0.15, 0.2) is 5.65 Å². The summed E-state index contributed by atoms with van der Waals surface area (Å²) in [4.78, 5) is 29.5. The molecule has 1 aliphatic carbocycles. The zero-order valence-electron chi connectivity index (χ0n) is 17.3. The molecule has 0 saturated heterocycles. The second-order valence-corrected chi connectivity index (χ2v) is 8.03. The fourth-order valence-electron chi connectivity index (χ4n) is 3.67. The first kappa shape index (κ1) is 20.1. The SMILES string of the molecule is CNc1cc(Nc2cc(Cl)cn(-c3cnn(C4CC4)c3C)c2=O)nc2c(C(N)=O)cnn12. The Morgan fingerprint density at radius 1 is 1.25 bits per heavy atom. The standard InChI is InChI=1S/C20H20ClN9O2/c1-10-15(8-25-29(10)12-3-4-12)28-9-11(21)5-14(20(28)32)26-16-6-17(23-2)30-19(27-16)13(7-24-30)18(22)31/h5-9,12,23H,3-4H2,1-2H3,(H2,22,31)(H,26,27). The van der Waals surface area contributed by atoms with Gasteiger partial charge in [0.2, 0.25) is 0 Å². The minimum absolute atomic E-state index is 0.164. The number of primary amides is 1. The molecule has 0 atom stereocenters. The molecule has 5 rings (SSSR count). The summed E-state index contributed by atoms with van der Waals surface area (Å²) in [5.41, 5.74) is 7.32. The van der Waals surface area contributed by atoms with Crippen LogP contribution < -0.4 is 21.9 Å². The number of amides is 1. The summed E-state index contributed by atoms with van der Waals surface area (Å²) in [5.74, 6) is 0.218. The first-order valence-corrected chi connectivity index (χ1v) is 10.3. The first-order valence-electron chi connectivity index (χ1n) is 9.97. The second kappa shape index (κ2) is 7.38. The molecule has 0 radical (unpaired) electrons. The number of pyridine rings is 1. The number of hydrogen-bond acceptors (Lipinski definition) is 7. The third kappa shape index (κ3) is 3.26. The Hall–Kier alpha value is -3.86. The van der Waals surface area contributed by atoms with Gasteiger partial charge in [-0.25, -0.2) is 4.98 Å². The quantitative estimate of drug-likeness (QED) is 0.407. The Bertz CT molecular complexity index is 1430. The zero-order chi connectivity index (χ0) is 22.6. The number of carbonyl (C=O) groups excluding carboxylic acids is 1. The maximum atomic E-state index is 13.3. The van der Waals surface area contributed by atoms with Crippen LogP contribution in [0.2, 0.25) is 5.02 Å². The van der Waals surface area contributed by atoms with Gasteiger partial charge in [-0.1, -0.05) is 11.6 Å². The van der Waals surface area contributed by atoms with Crippen LogP contribution in [0, 0.1) is 6.92 Å². The number of carbonyl (C=O) groups is 1. The van der Waals surface area contributed by atoms with Gasteiger partial charge in [0.25, 0.3) is 11.5 Å². The largest absolute Gasteiger partial charge is 0.373 e. The van der Waals surface area contributed by atoms with Crippen molar-refractivity contribution in [2.24, 2.45) is 5.73 Å². The van der Waals surface area contributed by atoms with Crippen LogP contribution >= 0.6 is 11.6 Å². The van der Waals surface area contributed by atoms with E-state index in [9.17, 15) is 9.59 Å². The van der Waals surface area contributed by atoms with E-state index in [1.807, 2.05) is 11.6 Å². The number of anilines is 3. The number of aromatic nitrogens is 6. The molecule has 4 aromatic rings. The van der Waals surface area contributed by atoms with Gasteiger partial charge < -0.3 is 16.4 Å². The smallest absolute Gasteiger partial charge is 0.279 e. The lowest BCUT2D eigenvalue weighted by atomic mass is 10.3. The van der Waals surface area contributed by atoms with E-state index in [0.29, 0.717) is 28.4 Å². The maximum absolute atomic E-state index is 13.3. The van der Waals surface area contributed by atoms with Gasteiger partial charge in [0.1, 0.15) is 22.9 Å². The van der Waals surface area contributed by atoms with Gasteiger partial charge in [-0.2, -0.15) is 14.7 Å². The van der Waals surface area contributed by atoms with E-state index >= 15 is 0 Å². The Balaban J connectivity index is 1.59. The Morgan fingerprint density at radius 2 is 2.03 bits per heavy atom. The summed E-state index contributed by atoms with van der Waals surface area (Å²) in [5, 5.41) is 14.9. The molecule has 1 fully saturated rings. The predicted octanol–water partition coefficient (Wildman–Crippen LogP) is 2.26. The maximum Gasteiger partial charge on any atom is 0.279 e. The second-order valence-electron chi connectivity index (χ2n) is 7.60. The minimum atomic E-state index is -0.653. The molecule has 11 nitrogen and oxygen atoms in total. The van der Waals surface area contributed by atoms with E-state index in [1.165, 1.54) is 21.3 Å². The molecule has 0 aromatic carbocycles. The van der Waals surface area contributed by atoms with E-state index in [0.717, 1.165) is 18.5 Å². The topological polar surface area (TPSA) is 137 Å². The third-order valence-electron chi connectivity index (χ3n) is 5.41. The van der Waals surface area contributed by atoms with Gasteiger partial charge in [-0.3, -0.25) is 18.8 Å². The van der Waals surface area contributed by atoms with Crippen molar-refractivity contribution < 1.29 is 4.79 Å². The lowest BCUT2D eigenvalue weighted by molar-refractivity contribution is 0.100. The monoisotopic (exact) mass is 453 g/mol.